The molecule has 0 fully saturated rings. The molecule has 0 saturated carbocycles. The highest BCUT2D eigenvalue weighted by atomic mass is 16.5. The monoisotopic (exact) mass is 424 g/mol. The van der Waals surface area contributed by atoms with Crippen molar-refractivity contribution >= 4 is 11.8 Å². The fourth-order valence-electron chi connectivity index (χ4n) is 2.54. The summed E-state index contributed by atoms with van der Waals surface area (Å²) >= 11 is 0. The van der Waals surface area contributed by atoms with E-state index in [0.29, 0.717) is 18.2 Å². The van der Waals surface area contributed by atoms with Crippen LogP contribution in [0, 0.1) is 0 Å². The Labute approximate surface area is 179 Å². The van der Waals surface area contributed by atoms with Crippen LogP contribution in [0.5, 0.6) is 17.4 Å². The molecule has 10 heteroatoms. The molecule has 0 saturated heterocycles. The summed E-state index contributed by atoms with van der Waals surface area (Å²) in [5.74, 6) is 1.26. The van der Waals surface area contributed by atoms with Crippen LogP contribution < -0.4 is 14.8 Å². The fourth-order valence-corrected chi connectivity index (χ4v) is 2.54. The SMILES string of the molecule is CCOc1ccc(Oc2cc(CNC(=O)c3cn(CC(=O)N(C)C)nn3)ccn2)cc1. The molecular weight excluding hydrogens is 400 g/mol. The lowest BCUT2D eigenvalue weighted by Gasteiger charge is -2.09. The first-order valence-corrected chi connectivity index (χ1v) is 9.68. The highest BCUT2D eigenvalue weighted by molar-refractivity contribution is 5.91. The van der Waals surface area contributed by atoms with Gasteiger partial charge in [0.2, 0.25) is 11.8 Å². The number of carbonyl (C=O) groups is 2. The second-order valence-corrected chi connectivity index (χ2v) is 6.78. The molecule has 0 aliphatic carbocycles. The van der Waals surface area contributed by atoms with E-state index in [9.17, 15) is 9.59 Å². The summed E-state index contributed by atoms with van der Waals surface area (Å²) in [6, 6.07) is 10.8. The number of carbonyl (C=O) groups excluding carboxylic acids is 2. The van der Waals surface area contributed by atoms with Gasteiger partial charge in [0.15, 0.2) is 5.69 Å². The number of likely N-dealkylation sites (N-methyl/N-ethyl adjacent to an activating group) is 1. The third-order valence-electron chi connectivity index (χ3n) is 4.18. The van der Waals surface area contributed by atoms with Crippen LogP contribution in [0.2, 0.25) is 0 Å². The first-order valence-electron chi connectivity index (χ1n) is 9.68. The number of rotatable bonds is 9. The summed E-state index contributed by atoms with van der Waals surface area (Å²) in [5, 5.41) is 10.4. The summed E-state index contributed by atoms with van der Waals surface area (Å²) in [7, 11) is 3.30. The number of aromatic nitrogens is 4. The van der Waals surface area contributed by atoms with Crippen molar-refractivity contribution in [2.24, 2.45) is 0 Å². The molecule has 3 rings (SSSR count). The molecule has 0 spiro atoms. The van der Waals surface area contributed by atoms with E-state index < -0.39 is 5.91 Å². The van der Waals surface area contributed by atoms with Gasteiger partial charge in [0.1, 0.15) is 18.0 Å². The molecule has 2 heterocycles. The van der Waals surface area contributed by atoms with Crippen LogP contribution in [0.4, 0.5) is 0 Å². The molecule has 2 amide bonds. The quantitative estimate of drug-likeness (QED) is 0.558. The summed E-state index contributed by atoms with van der Waals surface area (Å²) in [5.41, 5.74) is 0.936. The van der Waals surface area contributed by atoms with Gasteiger partial charge in [0, 0.05) is 32.9 Å². The Bertz CT molecular complexity index is 1030. The van der Waals surface area contributed by atoms with Crippen molar-refractivity contribution in [1.29, 1.82) is 0 Å². The number of pyridine rings is 1. The number of nitrogens with one attached hydrogen (secondary N) is 1. The minimum absolute atomic E-state index is 0.0177. The van der Waals surface area contributed by atoms with Crippen molar-refractivity contribution in [2.75, 3.05) is 20.7 Å². The highest BCUT2D eigenvalue weighted by Crippen LogP contribution is 2.23. The van der Waals surface area contributed by atoms with E-state index in [0.717, 1.165) is 11.3 Å². The van der Waals surface area contributed by atoms with Crippen molar-refractivity contribution in [3.63, 3.8) is 0 Å². The van der Waals surface area contributed by atoms with Crippen LogP contribution in [0.25, 0.3) is 0 Å². The number of ether oxygens (including phenoxy) is 2. The van der Waals surface area contributed by atoms with Crippen LogP contribution in [-0.2, 0) is 17.9 Å². The van der Waals surface area contributed by atoms with Crippen LogP contribution >= 0.6 is 0 Å². The predicted molar refractivity (Wildman–Crippen MR) is 112 cm³/mol. The molecule has 31 heavy (non-hydrogen) atoms. The molecule has 0 aliphatic heterocycles. The maximum atomic E-state index is 12.3. The molecule has 0 radical (unpaired) electrons. The maximum absolute atomic E-state index is 12.3. The Morgan fingerprint density at radius 3 is 2.58 bits per heavy atom. The molecule has 10 nitrogen and oxygen atoms in total. The lowest BCUT2D eigenvalue weighted by atomic mass is 10.2. The van der Waals surface area contributed by atoms with E-state index in [2.05, 4.69) is 20.6 Å². The van der Waals surface area contributed by atoms with Gasteiger partial charge in [-0.25, -0.2) is 9.67 Å². The van der Waals surface area contributed by atoms with Gasteiger partial charge in [-0.2, -0.15) is 0 Å². The molecule has 1 N–H and O–H groups in total. The van der Waals surface area contributed by atoms with Crippen LogP contribution in [0.3, 0.4) is 0 Å². The largest absolute Gasteiger partial charge is 0.494 e. The van der Waals surface area contributed by atoms with Crippen molar-refractivity contribution in [3.8, 4) is 17.4 Å². The Balaban J connectivity index is 1.55. The van der Waals surface area contributed by atoms with Gasteiger partial charge in [0.25, 0.3) is 5.91 Å². The molecular formula is C21H24N6O4. The van der Waals surface area contributed by atoms with E-state index >= 15 is 0 Å². The summed E-state index contributed by atoms with van der Waals surface area (Å²) in [6.07, 6.45) is 3.04. The number of benzene rings is 1. The maximum Gasteiger partial charge on any atom is 0.273 e. The zero-order chi connectivity index (χ0) is 22.2. The van der Waals surface area contributed by atoms with E-state index in [1.54, 1.807) is 44.6 Å². The standard InChI is InChI=1S/C21H24N6O4/c1-4-30-16-5-7-17(8-6-16)31-19-11-15(9-10-22-19)12-23-21(29)18-13-27(25-24-18)14-20(28)26(2)3/h5-11,13H,4,12,14H2,1-3H3,(H,23,29). The van der Waals surface area contributed by atoms with Gasteiger partial charge >= 0.3 is 0 Å². The minimum atomic E-state index is -0.394. The second kappa shape index (κ2) is 10.2. The Morgan fingerprint density at radius 1 is 1.13 bits per heavy atom. The number of amides is 2. The minimum Gasteiger partial charge on any atom is -0.494 e. The van der Waals surface area contributed by atoms with E-state index in [4.69, 9.17) is 9.47 Å². The average Bonchev–Trinajstić information content (AvgIpc) is 3.22. The molecule has 0 atom stereocenters. The van der Waals surface area contributed by atoms with Gasteiger partial charge in [-0.1, -0.05) is 5.21 Å². The molecule has 2 aromatic heterocycles. The molecule has 0 unspecified atom stereocenters. The number of hydrogen-bond acceptors (Lipinski definition) is 7. The zero-order valence-electron chi connectivity index (χ0n) is 17.6. The number of hydrogen-bond donors (Lipinski definition) is 1. The fraction of sp³-hybridized carbons (Fsp3) is 0.286. The van der Waals surface area contributed by atoms with E-state index in [1.165, 1.54) is 15.8 Å². The first kappa shape index (κ1) is 21.8. The third kappa shape index (κ3) is 6.26. The lowest BCUT2D eigenvalue weighted by Crippen LogP contribution is -2.26. The number of nitrogens with zero attached hydrogens (tertiary/aromatic N) is 5. The van der Waals surface area contributed by atoms with Gasteiger partial charge in [-0.15, -0.1) is 5.10 Å². The van der Waals surface area contributed by atoms with Crippen molar-refractivity contribution in [1.82, 2.24) is 30.2 Å². The molecule has 1 aromatic carbocycles. The van der Waals surface area contributed by atoms with E-state index in [1.807, 2.05) is 19.1 Å². The van der Waals surface area contributed by atoms with Gasteiger partial charge in [-0.05, 0) is 42.8 Å². The molecule has 162 valence electrons. The van der Waals surface area contributed by atoms with E-state index in [-0.39, 0.29) is 24.7 Å². The topological polar surface area (TPSA) is 111 Å². The van der Waals surface area contributed by atoms with Crippen LogP contribution in [-0.4, -0.2) is 57.4 Å². The summed E-state index contributed by atoms with van der Waals surface area (Å²) in [6.45, 7) is 2.79. The van der Waals surface area contributed by atoms with Crippen molar-refractivity contribution in [3.05, 3.63) is 60.0 Å². The molecule has 0 aliphatic rings. The highest BCUT2D eigenvalue weighted by Gasteiger charge is 2.13. The average molecular weight is 424 g/mol. The van der Waals surface area contributed by atoms with Crippen LogP contribution in [0.15, 0.2) is 48.8 Å². The Hall–Kier alpha value is -3.95. The summed E-state index contributed by atoms with van der Waals surface area (Å²) < 4.78 is 12.5. The van der Waals surface area contributed by atoms with Crippen LogP contribution in [0.1, 0.15) is 23.0 Å². The van der Waals surface area contributed by atoms with Crippen molar-refractivity contribution < 1.29 is 19.1 Å². The Kier molecular flexibility index (Phi) is 7.15. The first-order chi connectivity index (χ1) is 14.9. The summed E-state index contributed by atoms with van der Waals surface area (Å²) in [4.78, 5) is 29.7. The zero-order valence-corrected chi connectivity index (χ0v) is 17.6. The smallest absolute Gasteiger partial charge is 0.273 e. The predicted octanol–water partition coefficient (Wildman–Crippen LogP) is 1.88. The molecule has 3 aromatic rings. The normalized spacial score (nSPS) is 10.4. The third-order valence-corrected chi connectivity index (χ3v) is 4.18. The van der Waals surface area contributed by atoms with Gasteiger partial charge in [0.05, 0.1) is 12.8 Å². The second-order valence-electron chi connectivity index (χ2n) is 6.78. The Morgan fingerprint density at radius 2 is 1.87 bits per heavy atom. The lowest BCUT2D eigenvalue weighted by molar-refractivity contribution is -0.129. The van der Waals surface area contributed by atoms with Gasteiger partial charge in [-0.3, -0.25) is 9.59 Å². The molecule has 0 bridgehead atoms. The van der Waals surface area contributed by atoms with Gasteiger partial charge < -0.3 is 19.7 Å². The van der Waals surface area contributed by atoms with Crippen molar-refractivity contribution in [2.45, 2.75) is 20.0 Å².